The number of nitrogens with zero attached hydrogens (tertiary/aromatic N) is 1. The standard InChI is InChI=1S/C18H11Cl2NO3/c1-21-12-3-5-17-14(9-12)10(7-18(23)24-17)6-16(22)13-4-2-11(19)8-15(13)20/h2-5,7-9,16,22H,6H2. The van der Waals surface area contributed by atoms with Gasteiger partial charge >= 0.3 is 5.63 Å². The summed E-state index contributed by atoms with van der Waals surface area (Å²) in [6.45, 7) is 7.11. The zero-order valence-corrected chi connectivity index (χ0v) is 13.8. The van der Waals surface area contributed by atoms with Crippen LogP contribution in [0.25, 0.3) is 15.8 Å². The molecule has 1 unspecified atom stereocenters. The van der Waals surface area contributed by atoms with Crippen LogP contribution in [-0.4, -0.2) is 5.11 Å². The first kappa shape index (κ1) is 16.5. The zero-order valence-electron chi connectivity index (χ0n) is 12.3. The van der Waals surface area contributed by atoms with E-state index in [9.17, 15) is 9.90 Å². The van der Waals surface area contributed by atoms with Crippen molar-refractivity contribution in [3.63, 3.8) is 0 Å². The van der Waals surface area contributed by atoms with Crippen LogP contribution in [0.4, 0.5) is 5.69 Å². The highest BCUT2D eigenvalue weighted by molar-refractivity contribution is 6.35. The Hall–Kier alpha value is -2.32. The maximum Gasteiger partial charge on any atom is 0.336 e. The maximum absolute atomic E-state index is 11.7. The lowest BCUT2D eigenvalue weighted by Gasteiger charge is -2.14. The van der Waals surface area contributed by atoms with Gasteiger partial charge in [0.15, 0.2) is 5.69 Å². The highest BCUT2D eigenvalue weighted by atomic mass is 35.5. The largest absolute Gasteiger partial charge is 0.423 e. The van der Waals surface area contributed by atoms with Crippen molar-refractivity contribution in [1.29, 1.82) is 0 Å². The van der Waals surface area contributed by atoms with Gasteiger partial charge in [0, 0.05) is 27.9 Å². The lowest BCUT2D eigenvalue weighted by atomic mass is 9.99. The smallest absolute Gasteiger partial charge is 0.336 e. The van der Waals surface area contributed by atoms with E-state index in [1.54, 1.807) is 36.4 Å². The van der Waals surface area contributed by atoms with E-state index in [4.69, 9.17) is 34.2 Å². The van der Waals surface area contributed by atoms with Gasteiger partial charge in [-0.15, -0.1) is 0 Å². The molecule has 0 fully saturated rings. The molecule has 24 heavy (non-hydrogen) atoms. The van der Waals surface area contributed by atoms with Crippen molar-refractivity contribution in [2.24, 2.45) is 0 Å². The van der Waals surface area contributed by atoms with Gasteiger partial charge in [0.25, 0.3) is 0 Å². The molecule has 120 valence electrons. The van der Waals surface area contributed by atoms with Crippen molar-refractivity contribution in [3.8, 4) is 0 Å². The summed E-state index contributed by atoms with van der Waals surface area (Å²) in [5, 5.41) is 11.9. The predicted octanol–water partition coefficient (Wildman–Crippen LogP) is 4.93. The van der Waals surface area contributed by atoms with Gasteiger partial charge in [0.05, 0.1) is 12.7 Å². The van der Waals surface area contributed by atoms with E-state index in [1.807, 2.05) is 0 Å². The van der Waals surface area contributed by atoms with Gasteiger partial charge in [-0.25, -0.2) is 9.64 Å². The Balaban J connectivity index is 2.05. The second kappa shape index (κ2) is 6.66. The summed E-state index contributed by atoms with van der Waals surface area (Å²) in [6, 6.07) is 11.0. The number of aliphatic hydroxyl groups is 1. The Bertz CT molecular complexity index is 1020. The SMILES string of the molecule is [C-]#[N+]c1ccc2oc(=O)cc(CC(O)c3ccc(Cl)cc3Cl)c2c1. The third kappa shape index (κ3) is 3.29. The third-order valence-corrected chi connectivity index (χ3v) is 4.24. The van der Waals surface area contributed by atoms with E-state index in [1.165, 1.54) is 6.07 Å². The number of fused-ring (bicyclic) bond motifs is 1. The van der Waals surface area contributed by atoms with Crippen molar-refractivity contribution in [2.75, 3.05) is 0 Å². The summed E-state index contributed by atoms with van der Waals surface area (Å²) < 4.78 is 5.14. The van der Waals surface area contributed by atoms with Gasteiger partial charge in [-0.3, -0.25) is 0 Å². The molecular formula is C18H11Cl2NO3. The minimum Gasteiger partial charge on any atom is -0.423 e. The van der Waals surface area contributed by atoms with Crippen LogP contribution in [-0.2, 0) is 6.42 Å². The predicted molar refractivity (Wildman–Crippen MR) is 93.9 cm³/mol. The zero-order chi connectivity index (χ0) is 17.3. The number of benzene rings is 2. The average molecular weight is 360 g/mol. The number of hydrogen-bond donors (Lipinski definition) is 1. The molecule has 0 aliphatic heterocycles. The van der Waals surface area contributed by atoms with Crippen LogP contribution in [0, 0.1) is 6.57 Å². The number of hydrogen-bond acceptors (Lipinski definition) is 3. The summed E-state index contributed by atoms with van der Waals surface area (Å²) in [7, 11) is 0. The maximum atomic E-state index is 11.7. The minimum atomic E-state index is -0.920. The van der Waals surface area contributed by atoms with E-state index in [0.29, 0.717) is 37.8 Å². The van der Waals surface area contributed by atoms with E-state index in [0.717, 1.165) is 0 Å². The van der Waals surface area contributed by atoms with Gasteiger partial charge in [-0.05, 0) is 35.4 Å². The van der Waals surface area contributed by atoms with Crippen molar-refractivity contribution in [2.45, 2.75) is 12.5 Å². The molecule has 0 radical (unpaired) electrons. The number of aliphatic hydroxyl groups excluding tert-OH is 1. The van der Waals surface area contributed by atoms with E-state index in [2.05, 4.69) is 4.85 Å². The summed E-state index contributed by atoms with van der Waals surface area (Å²) >= 11 is 12.0. The molecule has 2 aromatic carbocycles. The van der Waals surface area contributed by atoms with Crippen LogP contribution in [0.2, 0.25) is 10.0 Å². The van der Waals surface area contributed by atoms with Crippen molar-refractivity contribution < 1.29 is 9.52 Å². The second-order valence-corrected chi connectivity index (χ2v) is 6.11. The van der Waals surface area contributed by atoms with Crippen molar-refractivity contribution in [3.05, 3.63) is 85.5 Å². The van der Waals surface area contributed by atoms with Gasteiger partial charge in [-0.2, -0.15) is 0 Å². The molecule has 4 nitrogen and oxygen atoms in total. The Morgan fingerprint density at radius 1 is 1.17 bits per heavy atom. The molecule has 3 rings (SSSR count). The normalized spacial score (nSPS) is 12.1. The lowest BCUT2D eigenvalue weighted by molar-refractivity contribution is 0.179. The fourth-order valence-electron chi connectivity index (χ4n) is 2.54. The fraction of sp³-hybridized carbons (Fsp3) is 0.111. The van der Waals surface area contributed by atoms with Gasteiger partial charge in [-0.1, -0.05) is 35.3 Å². The second-order valence-electron chi connectivity index (χ2n) is 5.27. The quantitative estimate of drug-likeness (QED) is 0.532. The molecule has 0 spiro atoms. The van der Waals surface area contributed by atoms with Crippen LogP contribution in [0.1, 0.15) is 17.2 Å². The van der Waals surface area contributed by atoms with Crippen molar-refractivity contribution in [1.82, 2.24) is 0 Å². The van der Waals surface area contributed by atoms with Crippen molar-refractivity contribution >= 4 is 39.9 Å². The molecule has 1 heterocycles. The molecule has 0 aliphatic carbocycles. The van der Waals surface area contributed by atoms with Crippen LogP contribution in [0.3, 0.4) is 0 Å². The van der Waals surface area contributed by atoms with E-state index in [-0.39, 0.29) is 6.42 Å². The van der Waals surface area contributed by atoms with Crippen LogP contribution < -0.4 is 5.63 Å². The monoisotopic (exact) mass is 359 g/mol. The first-order valence-corrected chi connectivity index (χ1v) is 7.81. The minimum absolute atomic E-state index is 0.158. The lowest BCUT2D eigenvalue weighted by Crippen LogP contribution is -2.07. The molecular weight excluding hydrogens is 349 g/mol. The molecule has 1 N–H and O–H groups in total. The Morgan fingerprint density at radius 2 is 1.96 bits per heavy atom. The van der Waals surface area contributed by atoms with Gasteiger partial charge in [0.1, 0.15) is 5.58 Å². The number of rotatable bonds is 3. The first-order chi connectivity index (χ1) is 11.5. The van der Waals surface area contributed by atoms with Crippen LogP contribution >= 0.6 is 23.2 Å². The number of halogens is 2. The first-order valence-electron chi connectivity index (χ1n) is 7.05. The summed E-state index contributed by atoms with van der Waals surface area (Å²) in [5.41, 5.74) is 1.40. The molecule has 6 heteroatoms. The average Bonchev–Trinajstić information content (AvgIpc) is 2.54. The third-order valence-electron chi connectivity index (χ3n) is 3.68. The molecule has 0 bridgehead atoms. The topological polar surface area (TPSA) is 54.8 Å². The Morgan fingerprint density at radius 3 is 2.67 bits per heavy atom. The Labute approximate surface area is 147 Å². The van der Waals surface area contributed by atoms with E-state index < -0.39 is 11.7 Å². The molecule has 3 aromatic rings. The molecule has 1 aromatic heterocycles. The molecule has 1 atom stereocenters. The summed E-state index contributed by atoms with van der Waals surface area (Å²) in [6.07, 6.45) is -0.762. The summed E-state index contributed by atoms with van der Waals surface area (Å²) in [5.74, 6) is 0. The molecule has 0 aliphatic rings. The fourth-order valence-corrected chi connectivity index (χ4v) is 3.08. The van der Waals surface area contributed by atoms with Crippen LogP contribution in [0.15, 0.2) is 51.7 Å². The highest BCUT2D eigenvalue weighted by Crippen LogP contribution is 2.31. The Kier molecular flexibility index (Phi) is 4.59. The highest BCUT2D eigenvalue weighted by Gasteiger charge is 2.16. The van der Waals surface area contributed by atoms with Crippen LogP contribution in [0.5, 0.6) is 0 Å². The molecule has 0 saturated heterocycles. The van der Waals surface area contributed by atoms with Gasteiger partial charge in [0.2, 0.25) is 0 Å². The molecule has 0 saturated carbocycles. The molecule has 0 amide bonds. The summed E-state index contributed by atoms with van der Waals surface area (Å²) in [4.78, 5) is 15.1. The van der Waals surface area contributed by atoms with Gasteiger partial charge < -0.3 is 9.52 Å². The van der Waals surface area contributed by atoms with E-state index >= 15 is 0 Å².